The van der Waals surface area contributed by atoms with Crippen LogP contribution in [0.25, 0.3) is 11.3 Å². The molecule has 0 aromatic carbocycles. The fourth-order valence-corrected chi connectivity index (χ4v) is 3.28. The maximum atomic E-state index is 4.41. The van der Waals surface area contributed by atoms with E-state index in [1.54, 1.807) is 6.20 Å². The van der Waals surface area contributed by atoms with Crippen molar-refractivity contribution < 1.29 is 0 Å². The number of hydrogen-bond acceptors (Lipinski definition) is 4. The van der Waals surface area contributed by atoms with Gasteiger partial charge >= 0.3 is 0 Å². The molecule has 3 heterocycles. The number of pyridine rings is 1. The van der Waals surface area contributed by atoms with Crippen LogP contribution in [0.1, 0.15) is 33.7 Å². The van der Waals surface area contributed by atoms with E-state index < -0.39 is 0 Å². The Hall–Kier alpha value is -1.75. The fraction of sp³-hybridized carbons (Fsp3) is 0.588. The highest BCUT2D eigenvalue weighted by Crippen LogP contribution is 2.34. The van der Waals surface area contributed by atoms with Crippen LogP contribution in [0.4, 0.5) is 0 Å². The maximum Gasteiger partial charge on any atom is 0.114 e. The van der Waals surface area contributed by atoms with Crippen molar-refractivity contribution >= 4 is 0 Å². The van der Waals surface area contributed by atoms with Crippen LogP contribution in [0.3, 0.4) is 0 Å². The molecular formula is C17H25N5. The first kappa shape index (κ1) is 15.2. The van der Waals surface area contributed by atoms with E-state index in [2.05, 4.69) is 58.8 Å². The molecule has 22 heavy (non-hydrogen) atoms. The molecule has 0 aliphatic carbocycles. The summed E-state index contributed by atoms with van der Waals surface area (Å²) in [6, 6.07) is 4.94. The molecule has 0 spiro atoms. The van der Waals surface area contributed by atoms with Gasteiger partial charge in [-0.15, -0.1) is 5.10 Å². The molecule has 2 atom stereocenters. The van der Waals surface area contributed by atoms with Crippen LogP contribution in [-0.4, -0.2) is 44.0 Å². The predicted octanol–water partition coefficient (Wildman–Crippen LogP) is 2.88. The summed E-state index contributed by atoms with van der Waals surface area (Å²) in [6.45, 7) is 11.3. The van der Waals surface area contributed by atoms with Gasteiger partial charge in [-0.2, -0.15) is 0 Å². The summed E-state index contributed by atoms with van der Waals surface area (Å²) >= 11 is 0. The molecule has 1 fully saturated rings. The Bertz CT molecular complexity index is 605. The Morgan fingerprint density at radius 1 is 1.18 bits per heavy atom. The van der Waals surface area contributed by atoms with Crippen molar-refractivity contribution in [2.45, 2.75) is 39.8 Å². The number of likely N-dealkylation sites (tertiary alicyclic amines) is 1. The summed E-state index contributed by atoms with van der Waals surface area (Å²) in [6.07, 6.45) is 5.68. The van der Waals surface area contributed by atoms with Gasteiger partial charge in [0, 0.05) is 37.1 Å². The van der Waals surface area contributed by atoms with Gasteiger partial charge in [-0.3, -0.25) is 9.88 Å². The molecule has 1 saturated heterocycles. The SMILES string of the molecule is CC(C)C1CN(C(C)C)CC1n1cc(-c2cccnc2)nn1. The van der Waals surface area contributed by atoms with E-state index in [9.17, 15) is 0 Å². The minimum absolute atomic E-state index is 0.403. The minimum atomic E-state index is 0.403. The largest absolute Gasteiger partial charge is 0.298 e. The summed E-state index contributed by atoms with van der Waals surface area (Å²) in [7, 11) is 0. The van der Waals surface area contributed by atoms with E-state index in [0.717, 1.165) is 24.3 Å². The predicted molar refractivity (Wildman–Crippen MR) is 87.3 cm³/mol. The monoisotopic (exact) mass is 299 g/mol. The van der Waals surface area contributed by atoms with Crippen molar-refractivity contribution in [3.63, 3.8) is 0 Å². The molecule has 2 aromatic heterocycles. The van der Waals surface area contributed by atoms with Gasteiger partial charge in [-0.25, -0.2) is 4.68 Å². The quantitative estimate of drug-likeness (QED) is 0.871. The number of hydrogen-bond donors (Lipinski definition) is 0. The van der Waals surface area contributed by atoms with Gasteiger partial charge in [-0.1, -0.05) is 19.1 Å². The Kier molecular flexibility index (Phi) is 4.25. The molecule has 3 rings (SSSR count). The number of aromatic nitrogens is 4. The Morgan fingerprint density at radius 3 is 2.64 bits per heavy atom. The average molecular weight is 299 g/mol. The molecule has 118 valence electrons. The maximum absolute atomic E-state index is 4.41. The van der Waals surface area contributed by atoms with Crippen LogP contribution in [0.15, 0.2) is 30.7 Å². The highest BCUT2D eigenvalue weighted by atomic mass is 15.5. The molecule has 0 amide bonds. The lowest BCUT2D eigenvalue weighted by molar-refractivity contribution is 0.253. The average Bonchev–Trinajstić information content (AvgIpc) is 3.15. The van der Waals surface area contributed by atoms with E-state index in [4.69, 9.17) is 0 Å². The Balaban J connectivity index is 1.85. The van der Waals surface area contributed by atoms with Gasteiger partial charge in [0.15, 0.2) is 0 Å². The molecule has 1 aliphatic rings. The van der Waals surface area contributed by atoms with Crippen LogP contribution in [0.2, 0.25) is 0 Å². The standard InChI is InChI=1S/C17H25N5/c1-12(2)15-9-21(13(3)4)11-17(15)22-10-16(19-20-22)14-6-5-7-18-8-14/h5-8,10,12-13,15,17H,9,11H2,1-4H3. The van der Waals surface area contributed by atoms with E-state index in [0.29, 0.717) is 23.9 Å². The second kappa shape index (κ2) is 6.16. The lowest BCUT2D eigenvalue weighted by Gasteiger charge is -2.21. The van der Waals surface area contributed by atoms with Gasteiger partial charge in [0.2, 0.25) is 0 Å². The third-order valence-corrected chi connectivity index (χ3v) is 4.76. The van der Waals surface area contributed by atoms with E-state index in [1.807, 2.05) is 18.3 Å². The summed E-state index contributed by atoms with van der Waals surface area (Å²) in [5.41, 5.74) is 1.92. The van der Waals surface area contributed by atoms with Crippen molar-refractivity contribution in [3.8, 4) is 11.3 Å². The first-order chi connectivity index (χ1) is 10.6. The molecule has 0 bridgehead atoms. The third kappa shape index (κ3) is 2.90. The second-order valence-electron chi connectivity index (χ2n) is 6.85. The molecular weight excluding hydrogens is 274 g/mol. The summed E-state index contributed by atoms with van der Waals surface area (Å²) < 4.78 is 2.06. The van der Waals surface area contributed by atoms with E-state index in [-0.39, 0.29) is 0 Å². The van der Waals surface area contributed by atoms with Crippen molar-refractivity contribution in [1.82, 2.24) is 24.9 Å². The lowest BCUT2D eigenvalue weighted by atomic mass is 9.91. The lowest BCUT2D eigenvalue weighted by Crippen LogP contribution is -2.29. The van der Waals surface area contributed by atoms with Gasteiger partial charge < -0.3 is 0 Å². The first-order valence-electron chi connectivity index (χ1n) is 8.12. The zero-order chi connectivity index (χ0) is 15.7. The van der Waals surface area contributed by atoms with Crippen LogP contribution in [-0.2, 0) is 0 Å². The Morgan fingerprint density at radius 2 is 2.00 bits per heavy atom. The summed E-state index contributed by atoms with van der Waals surface area (Å²) in [5, 5.41) is 8.76. The molecule has 2 aromatic rings. The topological polar surface area (TPSA) is 46.8 Å². The molecule has 0 radical (unpaired) electrons. The first-order valence-corrected chi connectivity index (χ1v) is 8.12. The molecule has 1 aliphatic heterocycles. The number of rotatable bonds is 4. The summed E-state index contributed by atoms with van der Waals surface area (Å²) in [4.78, 5) is 6.70. The fourth-order valence-electron chi connectivity index (χ4n) is 3.28. The van der Waals surface area contributed by atoms with Gasteiger partial charge in [-0.05, 0) is 37.8 Å². The molecule has 0 N–H and O–H groups in total. The second-order valence-corrected chi connectivity index (χ2v) is 6.85. The summed E-state index contributed by atoms with van der Waals surface area (Å²) in [5.74, 6) is 1.26. The zero-order valence-electron chi connectivity index (χ0n) is 13.8. The zero-order valence-corrected chi connectivity index (χ0v) is 13.8. The van der Waals surface area contributed by atoms with E-state index >= 15 is 0 Å². The van der Waals surface area contributed by atoms with Gasteiger partial charge in [0.05, 0.1) is 12.2 Å². The number of nitrogens with zero attached hydrogens (tertiary/aromatic N) is 5. The normalized spacial score (nSPS) is 22.8. The van der Waals surface area contributed by atoms with Crippen molar-refractivity contribution in [2.75, 3.05) is 13.1 Å². The molecule has 5 nitrogen and oxygen atoms in total. The van der Waals surface area contributed by atoms with Crippen molar-refractivity contribution in [3.05, 3.63) is 30.7 Å². The van der Waals surface area contributed by atoms with Crippen molar-refractivity contribution in [2.24, 2.45) is 11.8 Å². The van der Waals surface area contributed by atoms with Crippen LogP contribution >= 0.6 is 0 Å². The Labute approximate surface area is 132 Å². The molecule has 0 saturated carbocycles. The minimum Gasteiger partial charge on any atom is -0.298 e. The molecule has 2 unspecified atom stereocenters. The van der Waals surface area contributed by atoms with Gasteiger partial charge in [0.25, 0.3) is 0 Å². The third-order valence-electron chi connectivity index (χ3n) is 4.76. The smallest absolute Gasteiger partial charge is 0.114 e. The van der Waals surface area contributed by atoms with Crippen LogP contribution < -0.4 is 0 Å². The van der Waals surface area contributed by atoms with Crippen LogP contribution in [0.5, 0.6) is 0 Å². The van der Waals surface area contributed by atoms with E-state index in [1.165, 1.54) is 0 Å². The van der Waals surface area contributed by atoms with Gasteiger partial charge in [0.1, 0.15) is 5.69 Å². The molecule has 5 heteroatoms. The van der Waals surface area contributed by atoms with Crippen LogP contribution in [0, 0.1) is 11.8 Å². The highest BCUT2D eigenvalue weighted by molar-refractivity contribution is 5.55. The highest BCUT2D eigenvalue weighted by Gasteiger charge is 2.37. The van der Waals surface area contributed by atoms with Crippen molar-refractivity contribution in [1.29, 1.82) is 0 Å².